The van der Waals surface area contributed by atoms with Gasteiger partial charge in [0.1, 0.15) is 0 Å². The summed E-state index contributed by atoms with van der Waals surface area (Å²) in [5.41, 5.74) is 3.25. The quantitative estimate of drug-likeness (QED) is 0.660. The maximum absolute atomic E-state index is 12.5. The first-order valence-electron chi connectivity index (χ1n) is 9.55. The molecule has 28 heavy (non-hydrogen) atoms. The van der Waals surface area contributed by atoms with Crippen molar-refractivity contribution in [1.82, 2.24) is 14.9 Å². The lowest BCUT2D eigenvalue weighted by atomic mass is 9.91. The van der Waals surface area contributed by atoms with Crippen LogP contribution in [0.25, 0.3) is 10.6 Å². The van der Waals surface area contributed by atoms with Crippen molar-refractivity contribution < 1.29 is 4.79 Å². The molecule has 0 spiro atoms. The van der Waals surface area contributed by atoms with Crippen molar-refractivity contribution in [2.45, 2.75) is 32.6 Å². The fourth-order valence-corrected chi connectivity index (χ4v) is 5.44. The summed E-state index contributed by atoms with van der Waals surface area (Å²) in [7, 11) is 0. The molecule has 1 amide bonds. The van der Waals surface area contributed by atoms with Gasteiger partial charge in [-0.15, -0.1) is 22.7 Å². The van der Waals surface area contributed by atoms with Crippen LogP contribution >= 0.6 is 22.7 Å². The third-order valence-corrected chi connectivity index (χ3v) is 6.88. The zero-order valence-electron chi connectivity index (χ0n) is 16.1. The highest BCUT2D eigenvalue weighted by atomic mass is 32.1. The lowest BCUT2D eigenvalue weighted by Gasteiger charge is -2.32. The Morgan fingerprint density at radius 3 is 2.82 bits per heavy atom. The number of nitrogens with zero attached hydrogens (tertiary/aromatic N) is 3. The van der Waals surface area contributed by atoms with Crippen LogP contribution in [-0.4, -0.2) is 40.4 Å². The highest BCUT2D eigenvalue weighted by Crippen LogP contribution is 2.32. The number of hydrogen-bond acceptors (Lipinski definition) is 6. The van der Waals surface area contributed by atoms with Crippen LogP contribution in [0.5, 0.6) is 0 Å². The van der Waals surface area contributed by atoms with Crippen LogP contribution in [0, 0.1) is 13.8 Å². The summed E-state index contributed by atoms with van der Waals surface area (Å²) in [6, 6.07) is 10.6. The second-order valence-electron chi connectivity index (χ2n) is 7.22. The third-order valence-electron chi connectivity index (χ3n) is 5.03. The number of benzene rings is 1. The zero-order chi connectivity index (χ0) is 19.5. The molecule has 0 unspecified atom stereocenters. The molecule has 0 aliphatic carbocycles. The number of aromatic nitrogens is 2. The second-order valence-corrected chi connectivity index (χ2v) is 9.28. The minimum atomic E-state index is 0.00631. The van der Waals surface area contributed by atoms with Gasteiger partial charge in [0, 0.05) is 11.9 Å². The summed E-state index contributed by atoms with van der Waals surface area (Å²) < 4.78 is 0. The molecule has 3 aromatic rings. The number of thiazole rings is 2. The second kappa shape index (κ2) is 8.51. The van der Waals surface area contributed by atoms with Gasteiger partial charge in [-0.2, -0.15) is 0 Å². The Morgan fingerprint density at radius 2 is 2.07 bits per heavy atom. The fraction of sp³-hybridized carbons (Fsp3) is 0.381. The van der Waals surface area contributed by atoms with Gasteiger partial charge in [-0.05, 0) is 44.7 Å². The van der Waals surface area contributed by atoms with Gasteiger partial charge in [0.25, 0.3) is 0 Å². The van der Waals surface area contributed by atoms with E-state index in [1.54, 1.807) is 11.3 Å². The highest BCUT2D eigenvalue weighted by Gasteiger charge is 2.23. The summed E-state index contributed by atoms with van der Waals surface area (Å²) in [5.74, 6) is 0.513. The van der Waals surface area contributed by atoms with E-state index in [-0.39, 0.29) is 5.91 Å². The topological polar surface area (TPSA) is 58.1 Å². The van der Waals surface area contributed by atoms with Gasteiger partial charge in [0.2, 0.25) is 5.91 Å². The lowest BCUT2D eigenvalue weighted by Crippen LogP contribution is -2.39. The summed E-state index contributed by atoms with van der Waals surface area (Å²) >= 11 is 3.11. The van der Waals surface area contributed by atoms with Crippen molar-refractivity contribution in [2.24, 2.45) is 0 Å². The molecule has 1 aromatic carbocycles. The molecule has 1 atom stereocenters. The standard InChI is InChI=1S/C21H24N4OS2/c1-14-20(28-15(2)22-14)18-13-27-21(23-18)24-19(26)12-25-10-6-9-17(11-25)16-7-4-3-5-8-16/h3-5,7-8,13,17H,6,9-12H2,1-2H3,(H,23,24,26)/t17-/m0/s1. The van der Waals surface area contributed by atoms with Crippen molar-refractivity contribution in [3.05, 3.63) is 52.0 Å². The van der Waals surface area contributed by atoms with E-state index in [1.165, 1.54) is 23.3 Å². The van der Waals surface area contributed by atoms with E-state index in [4.69, 9.17) is 0 Å². The average Bonchev–Trinajstić information content (AvgIpc) is 3.28. The van der Waals surface area contributed by atoms with E-state index in [1.807, 2.05) is 19.2 Å². The number of piperidine rings is 1. The summed E-state index contributed by atoms with van der Waals surface area (Å²) in [4.78, 5) is 24.9. The predicted molar refractivity (Wildman–Crippen MR) is 116 cm³/mol. The Bertz CT molecular complexity index is 950. The van der Waals surface area contributed by atoms with E-state index in [9.17, 15) is 4.79 Å². The molecule has 5 nitrogen and oxygen atoms in total. The van der Waals surface area contributed by atoms with Gasteiger partial charge in [-0.1, -0.05) is 30.3 Å². The number of anilines is 1. The van der Waals surface area contributed by atoms with Crippen molar-refractivity contribution in [1.29, 1.82) is 0 Å². The first-order chi connectivity index (χ1) is 13.6. The number of aryl methyl sites for hydroxylation is 2. The molecule has 1 N–H and O–H groups in total. The third kappa shape index (κ3) is 4.48. The van der Waals surface area contributed by atoms with Crippen LogP contribution in [0.1, 0.15) is 35.0 Å². The summed E-state index contributed by atoms with van der Waals surface area (Å²) in [6.07, 6.45) is 2.31. The van der Waals surface area contributed by atoms with Crippen LogP contribution in [0.3, 0.4) is 0 Å². The number of rotatable bonds is 5. The van der Waals surface area contributed by atoms with Crippen LogP contribution in [0.4, 0.5) is 5.13 Å². The normalized spacial score (nSPS) is 17.6. The number of carbonyl (C=O) groups excluding carboxylic acids is 1. The minimum Gasteiger partial charge on any atom is -0.301 e. The molecule has 0 radical (unpaired) electrons. The van der Waals surface area contributed by atoms with Crippen LogP contribution in [-0.2, 0) is 4.79 Å². The first-order valence-corrected chi connectivity index (χ1v) is 11.2. The Morgan fingerprint density at radius 1 is 1.25 bits per heavy atom. The van der Waals surface area contributed by atoms with Crippen LogP contribution in [0.15, 0.2) is 35.7 Å². The molecule has 0 bridgehead atoms. The highest BCUT2D eigenvalue weighted by molar-refractivity contribution is 7.16. The molecule has 7 heteroatoms. The largest absolute Gasteiger partial charge is 0.301 e. The van der Waals surface area contributed by atoms with Gasteiger partial charge in [-0.25, -0.2) is 9.97 Å². The molecular formula is C21H24N4OS2. The summed E-state index contributed by atoms with van der Waals surface area (Å²) in [6.45, 7) is 6.31. The molecule has 1 aliphatic rings. The van der Waals surface area contributed by atoms with Crippen molar-refractivity contribution >= 4 is 33.7 Å². The fourth-order valence-electron chi connectivity index (χ4n) is 3.76. The van der Waals surface area contributed by atoms with Gasteiger partial charge < -0.3 is 5.32 Å². The van der Waals surface area contributed by atoms with Gasteiger partial charge in [0.15, 0.2) is 5.13 Å². The van der Waals surface area contributed by atoms with Gasteiger partial charge >= 0.3 is 0 Å². The van der Waals surface area contributed by atoms with Crippen LogP contribution < -0.4 is 5.32 Å². The molecule has 1 fully saturated rings. The zero-order valence-corrected chi connectivity index (χ0v) is 17.8. The summed E-state index contributed by atoms with van der Waals surface area (Å²) in [5, 5.41) is 6.65. The number of likely N-dealkylation sites (tertiary alicyclic amines) is 1. The van der Waals surface area contributed by atoms with Crippen LogP contribution in [0.2, 0.25) is 0 Å². The molecule has 1 saturated heterocycles. The van der Waals surface area contributed by atoms with Crippen molar-refractivity contribution in [2.75, 3.05) is 25.0 Å². The maximum atomic E-state index is 12.5. The van der Waals surface area contributed by atoms with Crippen molar-refractivity contribution in [3.63, 3.8) is 0 Å². The molecule has 4 rings (SSSR count). The molecule has 0 saturated carbocycles. The Labute approximate surface area is 173 Å². The smallest absolute Gasteiger partial charge is 0.240 e. The molecular weight excluding hydrogens is 388 g/mol. The predicted octanol–water partition coefficient (Wildman–Crippen LogP) is 4.70. The van der Waals surface area contributed by atoms with Crippen molar-refractivity contribution in [3.8, 4) is 10.6 Å². The SMILES string of the molecule is Cc1nc(C)c(-c2csc(NC(=O)CN3CCC[C@H](c4ccccc4)C3)n2)s1. The molecule has 146 valence electrons. The molecule has 3 heterocycles. The maximum Gasteiger partial charge on any atom is 0.240 e. The first kappa shape index (κ1) is 19.2. The van der Waals surface area contributed by atoms with E-state index in [2.05, 4.69) is 50.5 Å². The minimum absolute atomic E-state index is 0.00631. The van der Waals surface area contributed by atoms with E-state index >= 15 is 0 Å². The number of carbonyl (C=O) groups is 1. The lowest BCUT2D eigenvalue weighted by molar-refractivity contribution is -0.117. The van der Waals surface area contributed by atoms with E-state index < -0.39 is 0 Å². The Balaban J connectivity index is 1.35. The average molecular weight is 413 g/mol. The number of amides is 1. The van der Waals surface area contributed by atoms with E-state index in [0.29, 0.717) is 17.6 Å². The Kier molecular flexibility index (Phi) is 5.85. The Hall–Kier alpha value is -2.09. The monoisotopic (exact) mass is 412 g/mol. The van der Waals surface area contributed by atoms with Gasteiger partial charge in [-0.3, -0.25) is 9.69 Å². The molecule has 2 aromatic heterocycles. The molecule has 1 aliphatic heterocycles. The van der Waals surface area contributed by atoms with E-state index in [0.717, 1.165) is 40.8 Å². The van der Waals surface area contributed by atoms with Gasteiger partial charge in [0.05, 0.1) is 27.8 Å². The number of nitrogens with one attached hydrogen (secondary N) is 1. The number of hydrogen-bond donors (Lipinski definition) is 1.